The summed E-state index contributed by atoms with van der Waals surface area (Å²) in [4.78, 5) is 16.7. The van der Waals surface area contributed by atoms with Crippen molar-refractivity contribution < 1.29 is 18.3 Å². The second-order valence-corrected chi connectivity index (χ2v) is 9.50. The predicted octanol–water partition coefficient (Wildman–Crippen LogP) is 3.23. The van der Waals surface area contributed by atoms with E-state index in [1.54, 1.807) is 23.6 Å². The number of rotatable bonds is 5. The molecule has 1 N–H and O–H groups in total. The third-order valence-corrected chi connectivity index (χ3v) is 6.92. The summed E-state index contributed by atoms with van der Waals surface area (Å²) in [5.74, 6) is -2.97. The maximum atomic E-state index is 13.4. The molecule has 6 rings (SSSR count). The number of pyridine rings is 1. The first-order chi connectivity index (χ1) is 18.3. The van der Waals surface area contributed by atoms with Crippen LogP contribution in [0.2, 0.25) is 0 Å². The van der Waals surface area contributed by atoms with Gasteiger partial charge in [0, 0.05) is 49.1 Å². The Bertz CT molecular complexity index is 1580. The van der Waals surface area contributed by atoms with Gasteiger partial charge in [-0.15, -0.1) is 10.2 Å². The summed E-state index contributed by atoms with van der Waals surface area (Å²) in [6, 6.07) is 8.67. The summed E-state index contributed by atoms with van der Waals surface area (Å²) in [6.07, 6.45) is 2.62. The molecular weight excluding hydrogens is 496 g/mol. The molecule has 1 saturated carbocycles. The number of tetrazole rings is 1. The fraction of sp³-hybridized carbons (Fsp3) is 0.360. The highest BCUT2D eigenvalue weighted by Crippen LogP contribution is 2.44. The van der Waals surface area contributed by atoms with Crippen molar-refractivity contribution in [2.24, 2.45) is 0 Å². The van der Waals surface area contributed by atoms with Crippen molar-refractivity contribution >= 4 is 22.8 Å². The molecule has 194 valence electrons. The highest BCUT2D eigenvalue weighted by molar-refractivity contribution is 6.09. The molecule has 1 aliphatic carbocycles. The number of carbonyl (C=O) groups is 1. The van der Waals surface area contributed by atoms with Crippen molar-refractivity contribution in [1.29, 1.82) is 5.26 Å². The van der Waals surface area contributed by atoms with Gasteiger partial charge in [0.1, 0.15) is 0 Å². The molecule has 2 fully saturated rings. The number of morpholine rings is 1. The van der Waals surface area contributed by atoms with Crippen molar-refractivity contribution in [2.75, 3.05) is 36.5 Å². The number of nitrogens with zero attached hydrogens (tertiary/aromatic N) is 8. The topological polar surface area (TPSA) is 126 Å². The van der Waals surface area contributed by atoms with Crippen molar-refractivity contribution in [3.63, 3.8) is 0 Å². The molecule has 11 nitrogen and oxygen atoms in total. The van der Waals surface area contributed by atoms with Crippen LogP contribution >= 0.6 is 0 Å². The van der Waals surface area contributed by atoms with Gasteiger partial charge in [-0.1, -0.05) is 0 Å². The Morgan fingerprint density at radius 3 is 2.76 bits per heavy atom. The van der Waals surface area contributed by atoms with Crippen LogP contribution in [0.4, 0.5) is 20.2 Å². The van der Waals surface area contributed by atoms with Crippen LogP contribution in [0.3, 0.4) is 0 Å². The number of fused-ring (bicyclic) bond motifs is 1. The predicted molar refractivity (Wildman–Crippen MR) is 132 cm³/mol. The fourth-order valence-corrected chi connectivity index (χ4v) is 4.75. The van der Waals surface area contributed by atoms with E-state index in [0.29, 0.717) is 41.1 Å². The van der Waals surface area contributed by atoms with E-state index in [1.165, 1.54) is 6.20 Å². The molecule has 1 aromatic carbocycles. The van der Waals surface area contributed by atoms with Crippen molar-refractivity contribution in [2.45, 2.75) is 31.7 Å². The average molecular weight is 520 g/mol. The van der Waals surface area contributed by atoms with Crippen LogP contribution in [-0.4, -0.2) is 68.0 Å². The summed E-state index contributed by atoms with van der Waals surface area (Å²) in [7, 11) is 0. The van der Waals surface area contributed by atoms with Crippen LogP contribution in [0.15, 0.2) is 36.7 Å². The van der Waals surface area contributed by atoms with Gasteiger partial charge in [-0.3, -0.25) is 4.79 Å². The standard InChI is InChI=1S/C25H23F2N9O2/c1-15-8-16(13-28)19(23-31-33-36(32-23)18-11-25(26,27)12-18)10-21(15)30-24(37)20-14-29-35-3-2-17(9-22(20)35)34-4-6-38-7-5-34/h2-3,8-10,14,18H,4-7,11-12H2,1H3,(H,30,37). The molecule has 1 aliphatic heterocycles. The third-order valence-electron chi connectivity index (χ3n) is 6.92. The first-order valence-corrected chi connectivity index (χ1v) is 12.2. The number of hydrogen-bond donors (Lipinski definition) is 1. The molecule has 0 spiro atoms. The lowest BCUT2D eigenvalue weighted by Crippen LogP contribution is -2.38. The van der Waals surface area contributed by atoms with Gasteiger partial charge in [-0.05, 0) is 42.0 Å². The monoisotopic (exact) mass is 519 g/mol. The Morgan fingerprint density at radius 2 is 2.03 bits per heavy atom. The minimum atomic E-state index is -2.72. The van der Waals surface area contributed by atoms with E-state index >= 15 is 0 Å². The number of aromatic nitrogens is 6. The highest BCUT2D eigenvalue weighted by Gasteiger charge is 2.47. The Hall–Kier alpha value is -4.44. The second-order valence-electron chi connectivity index (χ2n) is 9.50. The zero-order valence-corrected chi connectivity index (χ0v) is 20.4. The molecule has 0 radical (unpaired) electrons. The van der Waals surface area contributed by atoms with E-state index in [1.807, 2.05) is 18.3 Å². The second kappa shape index (κ2) is 9.14. The minimum Gasteiger partial charge on any atom is -0.378 e. The lowest BCUT2D eigenvalue weighted by Gasteiger charge is -2.33. The summed E-state index contributed by atoms with van der Waals surface area (Å²) >= 11 is 0. The van der Waals surface area contributed by atoms with Crippen LogP contribution in [0.5, 0.6) is 0 Å². The Kier molecular flexibility index (Phi) is 5.76. The molecule has 4 aromatic rings. The van der Waals surface area contributed by atoms with Crippen LogP contribution in [0.25, 0.3) is 16.9 Å². The third kappa shape index (κ3) is 4.32. The first kappa shape index (κ1) is 23.9. The zero-order chi connectivity index (χ0) is 26.4. The number of nitriles is 1. The SMILES string of the molecule is Cc1cc(C#N)c(-c2nnn(C3CC(F)(F)C3)n2)cc1NC(=O)c1cnn2ccc(N3CCOCC3)cc12. The normalized spacial score (nSPS) is 17.3. The summed E-state index contributed by atoms with van der Waals surface area (Å²) in [6.45, 7) is 4.59. The van der Waals surface area contributed by atoms with Crippen molar-refractivity contribution in [3.8, 4) is 17.5 Å². The molecule has 1 amide bonds. The zero-order valence-electron chi connectivity index (χ0n) is 20.4. The Morgan fingerprint density at radius 1 is 1.24 bits per heavy atom. The highest BCUT2D eigenvalue weighted by atomic mass is 19.3. The summed E-state index contributed by atoms with van der Waals surface area (Å²) in [5, 5.41) is 29.0. The van der Waals surface area contributed by atoms with Gasteiger partial charge in [0.2, 0.25) is 5.82 Å². The molecule has 2 aliphatic rings. The number of aryl methyl sites for hydroxylation is 1. The Balaban J connectivity index is 1.28. The lowest BCUT2D eigenvalue weighted by atomic mass is 9.89. The van der Waals surface area contributed by atoms with E-state index in [2.05, 4.69) is 36.8 Å². The summed E-state index contributed by atoms with van der Waals surface area (Å²) < 4.78 is 33.6. The largest absolute Gasteiger partial charge is 0.378 e. The smallest absolute Gasteiger partial charge is 0.259 e. The van der Waals surface area contributed by atoms with Crippen LogP contribution < -0.4 is 10.2 Å². The van der Waals surface area contributed by atoms with Gasteiger partial charge >= 0.3 is 0 Å². The summed E-state index contributed by atoms with van der Waals surface area (Å²) in [5.41, 5.74) is 3.77. The van der Waals surface area contributed by atoms with E-state index in [-0.39, 0.29) is 30.1 Å². The molecule has 4 heterocycles. The van der Waals surface area contributed by atoms with Crippen LogP contribution in [0.1, 0.15) is 40.4 Å². The van der Waals surface area contributed by atoms with Gasteiger partial charge in [-0.25, -0.2) is 13.3 Å². The van der Waals surface area contributed by atoms with Crippen LogP contribution in [-0.2, 0) is 4.74 Å². The number of benzene rings is 1. The van der Waals surface area contributed by atoms with Gasteiger partial charge in [0.15, 0.2) is 0 Å². The maximum Gasteiger partial charge on any atom is 0.259 e. The average Bonchev–Trinajstić information content (AvgIpc) is 3.56. The number of amides is 1. The number of alkyl halides is 2. The number of halogens is 2. The number of hydrogen-bond acceptors (Lipinski definition) is 8. The van der Waals surface area contributed by atoms with E-state index in [9.17, 15) is 18.8 Å². The molecule has 13 heteroatoms. The Labute approximate surface area is 215 Å². The van der Waals surface area contributed by atoms with Gasteiger partial charge in [-0.2, -0.15) is 15.2 Å². The maximum absolute atomic E-state index is 13.4. The molecule has 0 bridgehead atoms. The van der Waals surface area contributed by atoms with E-state index < -0.39 is 12.0 Å². The number of ether oxygens (including phenoxy) is 1. The van der Waals surface area contributed by atoms with Gasteiger partial charge in [0.05, 0.1) is 48.2 Å². The van der Waals surface area contributed by atoms with Crippen LogP contribution in [0, 0.1) is 18.3 Å². The van der Waals surface area contributed by atoms with E-state index in [4.69, 9.17) is 4.74 Å². The lowest BCUT2D eigenvalue weighted by molar-refractivity contribution is -0.110. The molecule has 3 aromatic heterocycles. The van der Waals surface area contributed by atoms with Crippen molar-refractivity contribution in [1.82, 2.24) is 29.8 Å². The quantitative estimate of drug-likeness (QED) is 0.426. The molecule has 38 heavy (non-hydrogen) atoms. The molecular formula is C25H23F2N9O2. The molecule has 0 unspecified atom stereocenters. The first-order valence-electron chi connectivity index (χ1n) is 12.2. The van der Waals surface area contributed by atoms with Gasteiger partial charge in [0.25, 0.3) is 11.8 Å². The van der Waals surface area contributed by atoms with E-state index in [0.717, 1.165) is 23.6 Å². The molecule has 1 saturated heterocycles. The number of carbonyl (C=O) groups excluding carboxylic acids is 1. The fourth-order valence-electron chi connectivity index (χ4n) is 4.75. The van der Waals surface area contributed by atoms with Gasteiger partial charge < -0.3 is 15.0 Å². The van der Waals surface area contributed by atoms with Crippen molar-refractivity contribution in [3.05, 3.63) is 53.3 Å². The number of nitrogens with one attached hydrogen (secondary N) is 1. The molecule has 0 atom stereocenters. The number of anilines is 2. The minimum absolute atomic E-state index is 0.124.